The first-order valence-electron chi connectivity index (χ1n) is 13.1. The van der Waals surface area contributed by atoms with Gasteiger partial charge < -0.3 is 15.1 Å². The number of aromatic nitrogens is 2. The molecule has 0 bridgehead atoms. The molecule has 218 valence electrons. The summed E-state index contributed by atoms with van der Waals surface area (Å²) in [5.74, 6) is 0.968. The van der Waals surface area contributed by atoms with Crippen molar-refractivity contribution in [2.24, 2.45) is 0 Å². The second kappa shape index (κ2) is 13.2. The lowest BCUT2D eigenvalue weighted by Crippen LogP contribution is -2.46. The van der Waals surface area contributed by atoms with Crippen LogP contribution in [0.3, 0.4) is 0 Å². The van der Waals surface area contributed by atoms with E-state index in [2.05, 4.69) is 26.2 Å². The highest BCUT2D eigenvalue weighted by Crippen LogP contribution is 2.30. The molecule has 2 heterocycles. The average molecular weight is 633 g/mol. The Hall–Kier alpha value is -3.47. The number of nitrogens with zero attached hydrogens (tertiary/aromatic N) is 4. The van der Waals surface area contributed by atoms with E-state index in [0.29, 0.717) is 32.2 Å². The number of rotatable bonds is 8. The Balaban J connectivity index is 1.14. The van der Waals surface area contributed by atoms with Crippen LogP contribution >= 0.6 is 35.0 Å². The summed E-state index contributed by atoms with van der Waals surface area (Å²) in [6.07, 6.45) is -4.43. The highest BCUT2D eigenvalue weighted by molar-refractivity contribution is 7.98. The van der Waals surface area contributed by atoms with Gasteiger partial charge in [-0.05, 0) is 53.6 Å². The van der Waals surface area contributed by atoms with Crippen molar-refractivity contribution < 1.29 is 18.0 Å². The van der Waals surface area contributed by atoms with Crippen LogP contribution < -0.4 is 15.1 Å². The van der Waals surface area contributed by atoms with Crippen molar-refractivity contribution in [1.82, 2.24) is 15.3 Å². The molecule has 1 saturated heterocycles. The standard InChI is InChI=1S/C30H26Cl2F3N5OS/c31-24-5-2-6-25(16-24)39-11-13-40(14-12-39)27-17-26(32)37-29(38-27)42-19-20-7-9-22(10-8-20)28(41)36-18-21-3-1-4-23(15-21)30(33,34)35/h1-10,15-17H,11-14,18-19H2,(H,36,41). The van der Waals surface area contributed by atoms with Crippen LogP contribution in [0.1, 0.15) is 27.0 Å². The fourth-order valence-electron chi connectivity index (χ4n) is 4.52. The number of amides is 1. The summed E-state index contributed by atoms with van der Waals surface area (Å²) in [6, 6.07) is 21.5. The molecule has 0 aliphatic carbocycles. The molecule has 1 fully saturated rings. The second-order valence-electron chi connectivity index (χ2n) is 9.65. The third-order valence-electron chi connectivity index (χ3n) is 6.73. The molecule has 12 heteroatoms. The van der Waals surface area contributed by atoms with Gasteiger partial charge >= 0.3 is 6.18 Å². The number of hydrogen-bond donors (Lipinski definition) is 1. The molecule has 1 aliphatic rings. The van der Waals surface area contributed by atoms with E-state index >= 15 is 0 Å². The van der Waals surface area contributed by atoms with Gasteiger partial charge in [0.15, 0.2) is 5.16 Å². The number of carbonyl (C=O) groups is 1. The number of anilines is 2. The third-order valence-corrected chi connectivity index (χ3v) is 8.08. The summed E-state index contributed by atoms with van der Waals surface area (Å²) in [4.78, 5) is 26.1. The van der Waals surface area contributed by atoms with Gasteiger partial charge in [-0.3, -0.25) is 4.79 Å². The average Bonchev–Trinajstić information content (AvgIpc) is 2.99. The summed E-state index contributed by atoms with van der Waals surface area (Å²) in [5, 5.41) is 4.31. The number of alkyl halides is 3. The number of halogens is 5. The lowest BCUT2D eigenvalue weighted by Gasteiger charge is -2.36. The molecule has 5 rings (SSSR count). The molecule has 0 unspecified atom stereocenters. The first-order valence-corrected chi connectivity index (χ1v) is 14.8. The maximum Gasteiger partial charge on any atom is 0.416 e. The van der Waals surface area contributed by atoms with Gasteiger partial charge in [0.05, 0.1) is 5.56 Å². The smallest absolute Gasteiger partial charge is 0.368 e. The zero-order valence-corrected chi connectivity index (χ0v) is 24.6. The first-order chi connectivity index (χ1) is 20.1. The van der Waals surface area contributed by atoms with Crippen LogP contribution in [0.4, 0.5) is 24.7 Å². The van der Waals surface area contributed by atoms with Crippen LogP contribution in [-0.4, -0.2) is 42.1 Å². The largest absolute Gasteiger partial charge is 0.416 e. The van der Waals surface area contributed by atoms with Gasteiger partial charge in [0, 0.05) is 60.8 Å². The van der Waals surface area contributed by atoms with Crippen molar-refractivity contribution in [3.63, 3.8) is 0 Å². The number of benzene rings is 3. The lowest BCUT2D eigenvalue weighted by molar-refractivity contribution is -0.137. The number of piperazine rings is 1. The molecule has 1 N–H and O–H groups in total. The molecule has 1 amide bonds. The van der Waals surface area contributed by atoms with E-state index in [1.54, 1.807) is 24.3 Å². The quantitative estimate of drug-likeness (QED) is 0.125. The molecule has 3 aromatic carbocycles. The van der Waals surface area contributed by atoms with E-state index in [4.69, 9.17) is 28.2 Å². The monoisotopic (exact) mass is 631 g/mol. The summed E-state index contributed by atoms with van der Waals surface area (Å²) in [6.45, 7) is 3.20. The van der Waals surface area contributed by atoms with E-state index in [-0.39, 0.29) is 12.5 Å². The van der Waals surface area contributed by atoms with Crippen LogP contribution in [0.2, 0.25) is 10.2 Å². The summed E-state index contributed by atoms with van der Waals surface area (Å²) in [7, 11) is 0. The summed E-state index contributed by atoms with van der Waals surface area (Å²) in [5.41, 5.74) is 2.08. The van der Waals surface area contributed by atoms with Crippen LogP contribution in [0, 0.1) is 0 Å². The molecule has 0 radical (unpaired) electrons. The normalized spacial score (nSPS) is 13.7. The van der Waals surface area contributed by atoms with E-state index in [1.807, 2.05) is 30.3 Å². The Morgan fingerprint density at radius 3 is 2.29 bits per heavy atom. The van der Waals surface area contributed by atoms with Crippen molar-refractivity contribution in [3.8, 4) is 0 Å². The maximum absolute atomic E-state index is 12.9. The maximum atomic E-state index is 12.9. The number of nitrogens with one attached hydrogen (secondary N) is 1. The summed E-state index contributed by atoms with van der Waals surface area (Å²) < 4.78 is 38.8. The van der Waals surface area contributed by atoms with Crippen LogP contribution in [0.15, 0.2) is 84.0 Å². The van der Waals surface area contributed by atoms with Crippen molar-refractivity contribution in [3.05, 3.63) is 111 Å². The zero-order chi connectivity index (χ0) is 29.7. The fraction of sp³-hybridized carbons (Fsp3) is 0.233. The van der Waals surface area contributed by atoms with Gasteiger partial charge in [-0.15, -0.1) is 0 Å². The summed E-state index contributed by atoms with van der Waals surface area (Å²) >= 11 is 13.9. The fourth-order valence-corrected chi connectivity index (χ4v) is 5.74. The first kappa shape index (κ1) is 30.0. The van der Waals surface area contributed by atoms with E-state index in [0.717, 1.165) is 55.4 Å². The van der Waals surface area contributed by atoms with Crippen molar-refractivity contribution in [2.75, 3.05) is 36.0 Å². The molecule has 0 spiro atoms. The Morgan fingerprint density at radius 2 is 1.57 bits per heavy atom. The molecule has 0 saturated carbocycles. The second-order valence-corrected chi connectivity index (χ2v) is 11.4. The van der Waals surface area contributed by atoms with Gasteiger partial charge in [-0.25, -0.2) is 9.97 Å². The van der Waals surface area contributed by atoms with Crippen LogP contribution in [0.25, 0.3) is 0 Å². The minimum Gasteiger partial charge on any atom is -0.368 e. The third kappa shape index (κ3) is 7.87. The molecular formula is C30H26Cl2F3N5OS. The predicted octanol–water partition coefficient (Wildman–Crippen LogP) is 7.35. The Bertz CT molecular complexity index is 1550. The van der Waals surface area contributed by atoms with E-state index in [1.165, 1.54) is 17.8 Å². The highest BCUT2D eigenvalue weighted by atomic mass is 35.5. The van der Waals surface area contributed by atoms with Crippen LogP contribution in [-0.2, 0) is 18.5 Å². The van der Waals surface area contributed by atoms with Gasteiger partial charge in [0.25, 0.3) is 5.91 Å². The highest BCUT2D eigenvalue weighted by Gasteiger charge is 2.30. The lowest BCUT2D eigenvalue weighted by atomic mass is 10.1. The Kier molecular flexibility index (Phi) is 9.45. The molecule has 4 aromatic rings. The van der Waals surface area contributed by atoms with Gasteiger partial charge in [-0.2, -0.15) is 13.2 Å². The number of thioether (sulfide) groups is 1. The van der Waals surface area contributed by atoms with Crippen molar-refractivity contribution >= 4 is 52.4 Å². The van der Waals surface area contributed by atoms with Gasteiger partial charge in [-0.1, -0.05) is 65.3 Å². The molecule has 6 nitrogen and oxygen atoms in total. The minimum atomic E-state index is -4.43. The molecule has 0 atom stereocenters. The van der Waals surface area contributed by atoms with Crippen molar-refractivity contribution in [1.29, 1.82) is 0 Å². The van der Waals surface area contributed by atoms with Gasteiger partial charge in [0.2, 0.25) is 0 Å². The van der Waals surface area contributed by atoms with Crippen molar-refractivity contribution in [2.45, 2.75) is 23.6 Å². The number of carbonyl (C=O) groups excluding carboxylic acids is 1. The molecule has 1 aromatic heterocycles. The Labute approximate surface area is 255 Å². The van der Waals surface area contributed by atoms with Gasteiger partial charge in [0.1, 0.15) is 11.0 Å². The van der Waals surface area contributed by atoms with Crippen LogP contribution in [0.5, 0.6) is 0 Å². The minimum absolute atomic E-state index is 0.00947. The molecule has 42 heavy (non-hydrogen) atoms. The number of hydrogen-bond acceptors (Lipinski definition) is 6. The van der Waals surface area contributed by atoms with E-state index in [9.17, 15) is 18.0 Å². The predicted molar refractivity (Wildman–Crippen MR) is 162 cm³/mol. The molecular weight excluding hydrogens is 606 g/mol. The zero-order valence-electron chi connectivity index (χ0n) is 22.2. The molecule has 1 aliphatic heterocycles. The SMILES string of the molecule is O=C(NCc1cccc(C(F)(F)F)c1)c1ccc(CSc2nc(Cl)cc(N3CCN(c4cccc(Cl)c4)CC3)n2)cc1. The van der Waals surface area contributed by atoms with E-state index < -0.39 is 11.7 Å². The Morgan fingerprint density at radius 1 is 0.857 bits per heavy atom. The topological polar surface area (TPSA) is 61.4 Å².